The number of carbonyl (C=O) groups is 1. The van der Waals surface area contributed by atoms with E-state index in [1.165, 1.54) is 30.3 Å². The van der Waals surface area contributed by atoms with Crippen LogP contribution in [0.3, 0.4) is 0 Å². The summed E-state index contributed by atoms with van der Waals surface area (Å²) in [5.41, 5.74) is 1.50. The molecule has 124 valence electrons. The third-order valence-electron chi connectivity index (χ3n) is 3.33. The number of amides is 2. The van der Waals surface area contributed by atoms with Crippen molar-refractivity contribution in [2.24, 2.45) is 0 Å². The zero-order valence-corrected chi connectivity index (χ0v) is 12.9. The average Bonchev–Trinajstić information content (AvgIpc) is 2.50. The van der Waals surface area contributed by atoms with Crippen LogP contribution in [0, 0.1) is 34.1 Å². The maximum absolute atomic E-state index is 12.0. The molecule has 0 saturated carbocycles. The lowest BCUT2D eigenvalue weighted by Crippen LogP contribution is -2.20. The molecule has 0 aliphatic rings. The predicted molar refractivity (Wildman–Crippen MR) is 88.3 cm³/mol. The van der Waals surface area contributed by atoms with Gasteiger partial charge in [-0.15, -0.1) is 0 Å². The molecule has 2 rings (SSSR count). The number of nitrogens with zero attached hydrogens (tertiary/aromatic N) is 2. The topological polar surface area (TPSA) is 127 Å². The number of urea groups is 1. The summed E-state index contributed by atoms with van der Waals surface area (Å²) in [6.45, 7) is 3.22. The van der Waals surface area contributed by atoms with Crippen LogP contribution in [-0.4, -0.2) is 15.9 Å². The van der Waals surface area contributed by atoms with Crippen LogP contribution in [0.25, 0.3) is 0 Å². The zero-order chi connectivity index (χ0) is 17.9. The summed E-state index contributed by atoms with van der Waals surface area (Å²) < 4.78 is 0. The minimum absolute atomic E-state index is 0.0763. The predicted octanol–water partition coefficient (Wildman–Crippen LogP) is 3.76. The molecular weight excluding hydrogens is 316 g/mol. The summed E-state index contributed by atoms with van der Waals surface area (Å²) in [6, 6.07) is 7.77. The van der Waals surface area contributed by atoms with Gasteiger partial charge in [0.2, 0.25) is 0 Å². The largest absolute Gasteiger partial charge is 0.323 e. The standard InChI is InChI=1S/C15H14N4O5/c1-9-3-4-11(8-14(9)19(23)24)16-15(20)17-13-6-5-12(18(21)22)7-10(13)2/h3-8H,1-2H3,(H2,16,17,20). The van der Waals surface area contributed by atoms with Crippen LogP contribution in [0.1, 0.15) is 11.1 Å². The second-order valence-electron chi connectivity index (χ2n) is 5.09. The fraction of sp³-hybridized carbons (Fsp3) is 0.133. The summed E-state index contributed by atoms with van der Waals surface area (Å²) >= 11 is 0. The van der Waals surface area contributed by atoms with Crippen molar-refractivity contribution >= 4 is 28.8 Å². The Hall–Kier alpha value is -3.49. The molecule has 0 aromatic heterocycles. The van der Waals surface area contributed by atoms with E-state index >= 15 is 0 Å². The van der Waals surface area contributed by atoms with Crippen LogP contribution in [0.5, 0.6) is 0 Å². The van der Waals surface area contributed by atoms with Crippen LogP contribution < -0.4 is 10.6 Å². The SMILES string of the molecule is Cc1cc([N+](=O)[O-])ccc1NC(=O)Nc1ccc(C)c([N+](=O)[O-])c1. The summed E-state index contributed by atoms with van der Waals surface area (Å²) in [5.74, 6) is 0. The second-order valence-corrected chi connectivity index (χ2v) is 5.09. The van der Waals surface area contributed by atoms with E-state index in [9.17, 15) is 25.0 Å². The lowest BCUT2D eigenvalue weighted by molar-refractivity contribution is -0.385. The van der Waals surface area contributed by atoms with Gasteiger partial charge in [-0.05, 0) is 31.5 Å². The number of rotatable bonds is 4. The Kier molecular flexibility index (Phi) is 4.73. The van der Waals surface area contributed by atoms with Gasteiger partial charge in [0.1, 0.15) is 0 Å². The molecule has 0 saturated heterocycles. The molecule has 2 aromatic rings. The summed E-state index contributed by atoms with van der Waals surface area (Å²) in [5, 5.41) is 26.6. The molecule has 24 heavy (non-hydrogen) atoms. The molecular formula is C15H14N4O5. The fourth-order valence-electron chi connectivity index (χ4n) is 2.07. The maximum atomic E-state index is 12.0. The number of anilines is 2. The quantitative estimate of drug-likeness (QED) is 0.651. The highest BCUT2D eigenvalue weighted by Crippen LogP contribution is 2.24. The highest BCUT2D eigenvalue weighted by atomic mass is 16.6. The number of hydrogen-bond donors (Lipinski definition) is 2. The molecule has 2 amide bonds. The highest BCUT2D eigenvalue weighted by Gasteiger charge is 2.13. The zero-order valence-electron chi connectivity index (χ0n) is 12.9. The molecule has 0 bridgehead atoms. The van der Waals surface area contributed by atoms with Crippen LogP contribution in [0.4, 0.5) is 27.5 Å². The Bertz CT molecular complexity index is 835. The van der Waals surface area contributed by atoms with E-state index in [4.69, 9.17) is 0 Å². The van der Waals surface area contributed by atoms with Gasteiger partial charge < -0.3 is 10.6 Å². The number of non-ortho nitro benzene ring substituents is 1. The van der Waals surface area contributed by atoms with Gasteiger partial charge in [0, 0.05) is 35.1 Å². The number of carbonyl (C=O) groups excluding carboxylic acids is 1. The van der Waals surface area contributed by atoms with Gasteiger partial charge in [-0.3, -0.25) is 20.2 Å². The molecule has 0 radical (unpaired) electrons. The van der Waals surface area contributed by atoms with Crippen molar-refractivity contribution in [2.45, 2.75) is 13.8 Å². The summed E-state index contributed by atoms with van der Waals surface area (Å²) in [6.07, 6.45) is 0. The monoisotopic (exact) mass is 330 g/mol. The van der Waals surface area contributed by atoms with Crippen LogP contribution in [0.2, 0.25) is 0 Å². The van der Waals surface area contributed by atoms with Crippen molar-refractivity contribution in [2.75, 3.05) is 10.6 Å². The first-order valence-electron chi connectivity index (χ1n) is 6.86. The molecule has 9 heteroatoms. The molecule has 0 aliphatic heterocycles. The molecule has 0 aliphatic carbocycles. The van der Waals surface area contributed by atoms with Gasteiger partial charge in [-0.1, -0.05) is 6.07 Å². The van der Waals surface area contributed by atoms with E-state index in [1.54, 1.807) is 19.9 Å². The normalized spacial score (nSPS) is 10.1. The van der Waals surface area contributed by atoms with Gasteiger partial charge in [-0.25, -0.2) is 4.79 Å². The maximum Gasteiger partial charge on any atom is 0.323 e. The molecule has 0 unspecified atom stereocenters. The average molecular weight is 330 g/mol. The Balaban J connectivity index is 2.13. The smallest absolute Gasteiger partial charge is 0.307 e. The lowest BCUT2D eigenvalue weighted by Gasteiger charge is -2.10. The third kappa shape index (κ3) is 3.83. The molecule has 2 N–H and O–H groups in total. The Morgan fingerprint density at radius 2 is 1.62 bits per heavy atom. The molecule has 0 heterocycles. The van der Waals surface area contributed by atoms with Crippen LogP contribution in [-0.2, 0) is 0 Å². The van der Waals surface area contributed by atoms with Gasteiger partial charge in [0.25, 0.3) is 11.4 Å². The van der Waals surface area contributed by atoms with Crippen molar-refractivity contribution in [1.82, 2.24) is 0 Å². The number of benzene rings is 2. The number of hydrogen-bond acceptors (Lipinski definition) is 5. The highest BCUT2D eigenvalue weighted by molar-refractivity contribution is 6.00. The van der Waals surface area contributed by atoms with Crippen LogP contribution >= 0.6 is 0 Å². The third-order valence-corrected chi connectivity index (χ3v) is 3.33. The first kappa shape index (κ1) is 16.9. The van der Waals surface area contributed by atoms with Gasteiger partial charge in [0.05, 0.1) is 9.85 Å². The van der Waals surface area contributed by atoms with E-state index < -0.39 is 15.9 Å². The van der Waals surface area contributed by atoms with Crippen molar-refractivity contribution in [3.63, 3.8) is 0 Å². The van der Waals surface area contributed by atoms with Gasteiger partial charge >= 0.3 is 6.03 Å². The lowest BCUT2D eigenvalue weighted by atomic mass is 10.2. The first-order valence-corrected chi connectivity index (χ1v) is 6.86. The number of nitro benzene ring substituents is 2. The molecule has 9 nitrogen and oxygen atoms in total. The van der Waals surface area contributed by atoms with E-state index in [1.807, 2.05) is 0 Å². The molecule has 0 atom stereocenters. The van der Waals surface area contributed by atoms with Crippen molar-refractivity contribution < 1.29 is 14.6 Å². The Morgan fingerprint density at radius 1 is 0.917 bits per heavy atom. The molecule has 2 aromatic carbocycles. The minimum atomic E-state index is -0.606. The minimum Gasteiger partial charge on any atom is -0.307 e. The molecule has 0 fully saturated rings. The van der Waals surface area contributed by atoms with Crippen molar-refractivity contribution in [3.8, 4) is 0 Å². The summed E-state index contributed by atoms with van der Waals surface area (Å²) in [4.78, 5) is 32.5. The first-order chi connectivity index (χ1) is 11.3. The molecule has 0 spiro atoms. The second kappa shape index (κ2) is 6.73. The van der Waals surface area contributed by atoms with E-state index in [-0.39, 0.29) is 17.1 Å². The van der Waals surface area contributed by atoms with Gasteiger partial charge in [-0.2, -0.15) is 0 Å². The van der Waals surface area contributed by atoms with Crippen LogP contribution in [0.15, 0.2) is 36.4 Å². The van der Waals surface area contributed by atoms with Crippen molar-refractivity contribution in [3.05, 3.63) is 67.8 Å². The summed E-state index contributed by atoms with van der Waals surface area (Å²) in [7, 11) is 0. The number of nitro groups is 2. The van der Waals surface area contributed by atoms with Crippen molar-refractivity contribution in [1.29, 1.82) is 0 Å². The Labute approximate surface area is 136 Å². The van der Waals surface area contributed by atoms with E-state index in [0.29, 0.717) is 16.8 Å². The number of aryl methyl sites for hydroxylation is 2. The van der Waals surface area contributed by atoms with Gasteiger partial charge in [0.15, 0.2) is 0 Å². The van der Waals surface area contributed by atoms with E-state index in [2.05, 4.69) is 10.6 Å². The fourth-order valence-corrected chi connectivity index (χ4v) is 2.07. The Morgan fingerprint density at radius 3 is 2.21 bits per heavy atom. The number of nitrogens with one attached hydrogen (secondary N) is 2. The van der Waals surface area contributed by atoms with E-state index in [0.717, 1.165) is 0 Å².